The molecule has 3 atom stereocenters. The molecule has 0 amide bonds. The predicted molar refractivity (Wildman–Crippen MR) is 54.9 cm³/mol. The minimum atomic E-state index is -0.796. The highest BCUT2D eigenvalue weighted by atomic mass is 16.8. The Labute approximate surface area is 98.5 Å². The van der Waals surface area contributed by atoms with Gasteiger partial charge in [0.2, 0.25) is 0 Å². The van der Waals surface area contributed by atoms with E-state index in [1.807, 2.05) is 0 Å². The molecule has 0 saturated carbocycles. The van der Waals surface area contributed by atoms with Crippen LogP contribution in [0, 0.1) is 0 Å². The Balaban J connectivity index is 2.24. The van der Waals surface area contributed by atoms with E-state index in [0.29, 0.717) is 6.29 Å². The smallest absolute Gasteiger partial charge is 0.333 e. The van der Waals surface area contributed by atoms with Crippen LogP contribution in [0.1, 0.15) is 13.8 Å². The Kier molecular flexibility index (Phi) is 2.92. The number of methoxy groups -OCH3 is 1. The van der Waals surface area contributed by atoms with Crippen LogP contribution in [0.2, 0.25) is 0 Å². The number of carbonyl (C=O) groups excluding carboxylic acids is 2. The van der Waals surface area contributed by atoms with Crippen molar-refractivity contribution in [2.45, 2.75) is 37.9 Å². The molecule has 2 heterocycles. The van der Waals surface area contributed by atoms with E-state index in [1.165, 1.54) is 13.2 Å². The van der Waals surface area contributed by atoms with E-state index in [1.54, 1.807) is 13.8 Å². The van der Waals surface area contributed by atoms with Gasteiger partial charge >= 0.3 is 5.97 Å². The van der Waals surface area contributed by atoms with Crippen molar-refractivity contribution in [1.29, 1.82) is 0 Å². The van der Waals surface area contributed by atoms with E-state index in [2.05, 4.69) is 4.74 Å². The molecule has 6 nitrogen and oxygen atoms in total. The molecule has 0 aromatic carbocycles. The Morgan fingerprint density at radius 2 is 2.12 bits per heavy atom. The molecule has 2 fully saturated rings. The van der Waals surface area contributed by atoms with Crippen LogP contribution < -0.4 is 0 Å². The van der Waals surface area contributed by atoms with Gasteiger partial charge in [0.25, 0.3) is 0 Å². The third-order valence-electron chi connectivity index (χ3n) is 2.60. The second-order valence-corrected chi connectivity index (χ2v) is 4.31. The van der Waals surface area contributed by atoms with Crippen molar-refractivity contribution >= 4 is 12.3 Å². The normalized spacial score (nSPS) is 36.4. The first kappa shape index (κ1) is 12.1. The molecule has 2 aliphatic rings. The predicted octanol–water partition coefficient (Wildman–Crippen LogP) is 0.161. The molecule has 2 rings (SSSR count). The Morgan fingerprint density at radius 1 is 1.41 bits per heavy atom. The Bertz CT molecular complexity index is 372. The van der Waals surface area contributed by atoms with Crippen molar-refractivity contribution in [1.82, 2.24) is 0 Å². The summed E-state index contributed by atoms with van der Waals surface area (Å²) < 4.78 is 20.9. The van der Waals surface area contributed by atoms with Crippen LogP contribution in [0.15, 0.2) is 11.8 Å². The zero-order valence-electron chi connectivity index (χ0n) is 9.84. The van der Waals surface area contributed by atoms with Gasteiger partial charge in [-0.3, -0.25) is 4.79 Å². The maximum Gasteiger partial charge on any atom is 0.333 e. The van der Waals surface area contributed by atoms with Gasteiger partial charge in [0, 0.05) is 0 Å². The van der Waals surface area contributed by atoms with Crippen LogP contribution in [0.5, 0.6) is 0 Å². The lowest BCUT2D eigenvalue weighted by atomic mass is 10.1. The molecule has 0 bridgehead atoms. The zero-order valence-corrected chi connectivity index (χ0v) is 9.84. The van der Waals surface area contributed by atoms with E-state index in [4.69, 9.17) is 14.2 Å². The average Bonchev–Trinajstić information content (AvgIpc) is 2.73. The maximum absolute atomic E-state index is 11.1. The first-order valence-corrected chi connectivity index (χ1v) is 5.24. The lowest BCUT2D eigenvalue weighted by molar-refractivity contribution is -0.167. The lowest BCUT2D eigenvalue weighted by Crippen LogP contribution is -2.30. The van der Waals surface area contributed by atoms with Crippen molar-refractivity contribution in [2.24, 2.45) is 0 Å². The minimum Gasteiger partial charge on any atom is -0.481 e. The third-order valence-corrected chi connectivity index (χ3v) is 2.60. The maximum atomic E-state index is 11.1. The number of hydrogen-bond donors (Lipinski definition) is 0. The van der Waals surface area contributed by atoms with Gasteiger partial charge in [-0.2, -0.15) is 0 Å². The van der Waals surface area contributed by atoms with E-state index in [0.717, 1.165) is 0 Å². The number of fused-ring (bicyclic) bond motifs is 1. The highest BCUT2D eigenvalue weighted by Gasteiger charge is 2.53. The molecule has 94 valence electrons. The number of rotatable bonds is 2. The highest BCUT2D eigenvalue weighted by molar-refractivity contribution is 5.82. The number of carbonyl (C=O) groups is 2. The Morgan fingerprint density at radius 3 is 2.71 bits per heavy atom. The molecule has 0 aromatic heterocycles. The van der Waals surface area contributed by atoms with Gasteiger partial charge in [0.1, 0.15) is 18.0 Å². The largest absolute Gasteiger partial charge is 0.481 e. The molecule has 0 radical (unpaired) electrons. The first-order valence-electron chi connectivity index (χ1n) is 5.24. The molecule has 2 saturated heterocycles. The molecule has 0 aromatic rings. The molecular weight excluding hydrogens is 228 g/mol. The topological polar surface area (TPSA) is 71.1 Å². The summed E-state index contributed by atoms with van der Waals surface area (Å²) in [4.78, 5) is 22.0. The molecule has 0 unspecified atom stereocenters. The molecule has 0 spiro atoms. The highest BCUT2D eigenvalue weighted by Crippen LogP contribution is 2.39. The summed E-state index contributed by atoms with van der Waals surface area (Å²) in [6, 6.07) is 0. The Hall–Kier alpha value is -1.40. The molecule has 0 N–H and O–H groups in total. The van der Waals surface area contributed by atoms with Crippen LogP contribution in [-0.4, -0.2) is 43.5 Å². The van der Waals surface area contributed by atoms with Crippen LogP contribution in [0.3, 0.4) is 0 Å². The quantitative estimate of drug-likeness (QED) is 0.390. The fraction of sp³-hybridized carbons (Fsp3) is 0.636. The fourth-order valence-corrected chi connectivity index (χ4v) is 1.94. The average molecular weight is 242 g/mol. The van der Waals surface area contributed by atoms with Crippen LogP contribution in [0.25, 0.3) is 0 Å². The van der Waals surface area contributed by atoms with Gasteiger partial charge in [-0.05, 0) is 13.8 Å². The van der Waals surface area contributed by atoms with Crippen LogP contribution in [-0.2, 0) is 28.5 Å². The van der Waals surface area contributed by atoms with Gasteiger partial charge in [-0.1, -0.05) is 0 Å². The van der Waals surface area contributed by atoms with Crippen molar-refractivity contribution in [3.8, 4) is 0 Å². The van der Waals surface area contributed by atoms with Crippen molar-refractivity contribution in [3.05, 3.63) is 11.8 Å². The van der Waals surface area contributed by atoms with E-state index in [-0.39, 0.29) is 5.76 Å². The van der Waals surface area contributed by atoms with Gasteiger partial charge in [-0.15, -0.1) is 0 Å². The number of ether oxygens (including phenoxy) is 4. The van der Waals surface area contributed by atoms with Crippen molar-refractivity contribution < 1.29 is 28.5 Å². The van der Waals surface area contributed by atoms with Crippen molar-refractivity contribution in [2.75, 3.05) is 7.11 Å². The van der Waals surface area contributed by atoms with E-state index in [9.17, 15) is 9.59 Å². The minimum absolute atomic E-state index is 0.268. The van der Waals surface area contributed by atoms with Gasteiger partial charge < -0.3 is 18.9 Å². The van der Waals surface area contributed by atoms with Crippen LogP contribution >= 0.6 is 0 Å². The van der Waals surface area contributed by atoms with Gasteiger partial charge in [0.15, 0.2) is 18.2 Å². The second kappa shape index (κ2) is 4.12. The van der Waals surface area contributed by atoms with E-state index >= 15 is 0 Å². The summed E-state index contributed by atoms with van der Waals surface area (Å²) in [7, 11) is 1.26. The summed E-state index contributed by atoms with van der Waals surface area (Å²) >= 11 is 0. The second-order valence-electron chi connectivity index (χ2n) is 4.31. The zero-order chi connectivity index (χ0) is 12.6. The number of hydrogen-bond acceptors (Lipinski definition) is 6. The molecule has 2 aliphatic heterocycles. The molecule has 17 heavy (non-hydrogen) atoms. The third kappa shape index (κ3) is 2.18. The summed E-state index contributed by atoms with van der Waals surface area (Å²) in [5, 5.41) is 0. The first-order chi connectivity index (χ1) is 7.96. The van der Waals surface area contributed by atoms with Gasteiger partial charge in [0.05, 0.1) is 13.2 Å². The summed E-state index contributed by atoms with van der Waals surface area (Å²) in [6.45, 7) is 3.48. The van der Waals surface area contributed by atoms with Gasteiger partial charge in [-0.25, -0.2) is 4.79 Å². The molecule has 6 heteroatoms. The monoisotopic (exact) mass is 242 g/mol. The van der Waals surface area contributed by atoms with Crippen LogP contribution in [0.4, 0.5) is 0 Å². The standard InChI is InChI=1S/C11H14O6/c1-11(2)16-9-6(4-8(13)14-3)15-7(5-12)10(9)17-11/h4-5,7,9-10H,1-3H3/b6-4-/t7-,9-,10+/m0/s1. The summed E-state index contributed by atoms with van der Waals surface area (Å²) in [5.41, 5.74) is 0. The number of esters is 1. The molecular formula is C11H14O6. The number of aldehydes is 1. The molecule has 0 aliphatic carbocycles. The van der Waals surface area contributed by atoms with E-state index < -0.39 is 30.1 Å². The summed E-state index contributed by atoms with van der Waals surface area (Å²) in [5.74, 6) is -1.08. The van der Waals surface area contributed by atoms with Crippen molar-refractivity contribution in [3.63, 3.8) is 0 Å². The SMILES string of the molecule is COC(=O)/C=C1\O[C@@H](C=O)[C@H]2OC(C)(C)O[C@@H]12. The lowest BCUT2D eigenvalue weighted by Gasteiger charge is -2.20. The fourth-order valence-electron chi connectivity index (χ4n) is 1.94. The summed E-state index contributed by atoms with van der Waals surface area (Å²) in [6.07, 6.45) is 0.00215.